The average Bonchev–Trinajstić information content (AvgIpc) is 3.16. The molecule has 1 unspecified atom stereocenters. The zero-order valence-corrected chi connectivity index (χ0v) is 12.0. The highest BCUT2D eigenvalue weighted by molar-refractivity contribution is 5.13. The number of furan rings is 1. The van der Waals surface area contributed by atoms with Gasteiger partial charge in [0.1, 0.15) is 5.76 Å². The monoisotopic (exact) mass is 302 g/mol. The molecule has 6 heteroatoms. The first-order valence-corrected chi connectivity index (χ1v) is 7.59. The van der Waals surface area contributed by atoms with Crippen LogP contribution in [0.25, 0.3) is 0 Å². The fraction of sp³-hybridized carbons (Fsp3) is 0.733. The molecule has 0 bridgehead atoms. The summed E-state index contributed by atoms with van der Waals surface area (Å²) in [6.07, 6.45) is 0.932. The van der Waals surface area contributed by atoms with Gasteiger partial charge in [0.15, 0.2) is 0 Å². The molecule has 21 heavy (non-hydrogen) atoms. The van der Waals surface area contributed by atoms with Gasteiger partial charge in [-0.1, -0.05) is 0 Å². The normalized spacial score (nSPS) is 24.4. The van der Waals surface area contributed by atoms with Gasteiger partial charge in [-0.3, -0.25) is 4.90 Å². The quantitative estimate of drug-likeness (QED) is 0.904. The number of hydrogen-bond acceptors (Lipinski definition) is 3. The third kappa shape index (κ3) is 4.23. The Labute approximate surface area is 122 Å². The molecule has 2 heterocycles. The Bertz CT molecular complexity index is 468. The topological polar surface area (TPSA) is 28.4 Å². The van der Waals surface area contributed by atoms with Crippen molar-refractivity contribution in [1.29, 1.82) is 0 Å². The van der Waals surface area contributed by atoms with Crippen LogP contribution in [0, 0.1) is 5.92 Å². The molecule has 1 aliphatic carbocycles. The lowest BCUT2D eigenvalue weighted by Gasteiger charge is -2.33. The fourth-order valence-electron chi connectivity index (χ4n) is 2.84. The highest BCUT2D eigenvalue weighted by Gasteiger charge is 2.41. The van der Waals surface area contributed by atoms with E-state index in [-0.39, 0.29) is 13.0 Å². The first kappa shape index (κ1) is 14.9. The van der Waals surface area contributed by atoms with Crippen LogP contribution in [0.5, 0.6) is 0 Å². The van der Waals surface area contributed by atoms with Crippen molar-refractivity contribution in [3.63, 3.8) is 0 Å². The van der Waals surface area contributed by atoms with Gasteiger partial charge >= 0.3 is 6.18 Å². The maximum Gasteiger partial charge on any atom is 0.393 e. The van der Waals surface area contributed by atoms with Crippen molar-refractivity contribution in [2.45, 2.75) is 51.0 Å². The smallest absolute Gasteiger partial charge is 0.393 e. The maximum atomic E-state index is 12.8. The van der Waals surface area contributed by atoms with E-state index in [0.29, 0.717) is 25.6 Å². The summed E-state index contributed by atoms with van der Waals surface area (Å²) in [5.41, 5.74) is 1.07. The summed E-state index contributed by atoms with van der Waals surface area (Å²) in [7, 11) is 0. The molecule has 2 fully saturated rings. The lowest BCUT2D eigenvalue weighted by molar-refractivity contribution is -0.187. The molecule has 1 saturated heterocycles. The van der Waals surface area contributed by atoms with Gasteiger partial charge in [0.25, 0.3) is 0 Å². The first-order valence-electron chi connectivity index (χ1n) is 7.59. The number of halogens is 3. The van der Waals surface area contributed by atoms with Crippen LogP contribution < -0.4 is 5.32 Å². The minimum Gasteiger partial charge on any atom is -0.468 e. The Balaban J connectivity index is 1.50. The van der Waals surface area contributed by atoms with Gasteiger partial charge in [-0.05, 0) is 38.3 Å². The minimum atomic E-state index is -4.08. The Hall–Kier alpha value is -1.01. The second-order valence-corrected chi connectivity index (χ2v) is 6.19. The predicted molar refractivity (Wildman–Crippen MR) is 72.6 cm³/mol. The molecule has 118 valence electrons. The van der Waals surface area contributed by atoms with Crippen LogP contribution in [0.2, 0.25) is 0 Å². The SMILES string of the molecule is FC(F)(F)C1CCCN(Cc2cc(CNC3CC3)co2)C1. The summed E-state index contributed by atoms with van der Waals surface area (Å²) < 4.78 is 43.8. The second kappa shape index (κ2) is 6.01. The highest BCUT2D eigenvalue weighted by Crippen LogP contribution is 2.33. The Morgan fingerprint density at radius 2 is 2.10 bits per heavy atom. The summed E-state index contributed by atoms with van der Waals surface area (Å²) in [5, 5.41) is 3.39. The summed E-state index contributed by atoms with van der Waals surface area (Å²) >= 11 is 0. The average molecular weight is 302 g/mol. The predicted octanol–water partition coefficient (Wildman–Crippen LogP) is 3.31. The number of piperidine rings is 1. The number of rotatable bonds is 5. The van der Waals surface area contributed by atoms with Crippen molar-refractivity contribution in [1.82, 2.24) is 10.2 Å². The Morgan fingerprint density at radius 1 is 1.29 bits per heavy atom. The number of nitrogens with one attached hydrogen (secondary N) is 1. The van der Waals surface area contributed by atoms with Crippen LogP contribution in [-0.2, 0) is 13.1 Å². The van der Waals surface area contributed by atoms with Gasteiger partial charge in [-0.25, -0.2) is 0 Å². The molecule has 1 N–H and O–H groups in total. The van der Waals surface area contributed by atoms with E-state index in [9.17, 15) is 13.2 Å². The summed E-state index contributed by atoms with van der Waals surface area (Å²) in [6.45, 7) is 2.04. The summed E-state index contributed by atoms with van der Waals surface area (Å²) in [5.74, 6) is -0.442. The van der Waals surface area contributed by atoms with Crippen molar-refractivity contribution in [2.24, 2.45) is 5.92 Å². The largest absolute Gasteiger partial charge is 0.468 e. The zero-order valence-electron chi connectivity index (χ0n) is 12.0. The van der Waals surface area contributed by atoms with E-state index in [1.54, 1.807) is 6.26 Å². The molecular weight excluding hydrogens is 281 g/mol. The second-order valence-electron chi connectivity index (χ2n) is 6.19. The molecule has 1 aromatic rings. The van der Waals surface area contributed by atoms with Gasteiger partial charge in [0.2, 0.25) is 0 Å². The Morgan fingerprint density at radius 3 is 2.81 bits per heavy atom. The lowest BCUT2D eigenvalue weighted by Crippen LogP contribution is -2.41. The van der Waals surface area contributed by atoms with Gasteiger partial charge in [-0.2, -0.15) is 13.2 Å². The third-order valence-electron chi connectivity index (χ3n) is 4.23. The standard InChI is InChI=1S/C15H21F3N2O/c16-15(17,18)12-2-1-5-20(8-12)9-14-6-11(10-21-14)7-19-13-3-4-13/h6,10,12-13,19H,1-5,7-9H2. The molecule has 3 nitrogen and oxygen atoms in total. The van der Waals surface area contributed by atoms with Crippen molar-refractivity contribution in [3.05, 3.63) is 23.7 Å². The van der Waals surface area contributed by atoms with Gasteiger partial charge in [-0.15, -0.1) is 0 Å². The third-order valence-corrected chi connectivity index (χ3v) is 4.23. The van der Waals surface area contributed by atoms with Crippen LogP contribution in [-0.4, -0.2) is 30.2 Å². The van der Waals surface area contributed by atoms with E-state index in [4.69, 9.17) is 4.42 Å². The van der Waals surface area contributed by atoms with E-state index in [2.05, 4.69) is 5.32 Å². The summed E-state index contributed by atoms with van der Waals surface area (Å²) in [6, 6.07) is 2.59. The number of likely N-dealkylation sites (tertiary alicyclic amines) is 1. The Kier molecular flexibility index (Phi) is 4.26. The van der Waals surface area contributed by atoms with Crippen LogP contribution in [0.3, 0.4) is 0 Å². The zero-order chi connectivity index (χ0) is 14.9. The molecule has 2 aliphatic rings. The first-order chi connectivity index (χ1) is 10.0. The molecule has 3 rings (SSSR count). The van der Waals surface area contributed by atoms with Crippen molar-refractivity contribution < 1.29 is 17.6 Å². The van der Waals surface area contributed by atoms with E-state index in [1.165, 1.54) is 12.8 Å². The molecule has 1 aliphatic heterocycles. The maximum absolute atomic E-state index is 12.8. The fourth-order valence-corrected chi connectivity index (χ4v) is 2.84. The van der Waals surface area contributed by atoms with Crippen LogP contribution in [0.15, 0.2) is 16.7 Å². The van der Waals surface area contributed by atoms with E-state index >= 15 is 0 Å². The molecule has 1 atom stereocenters. The molecule has 1 saturated carbocycles. The van der Waals surface area contributed by atoms with Gasteiger partial charge in [0, 0.05) is 24.7 Å². The molecule has 0 aromatic carbocycles. The molecule has 0 radical (unpaired) electrons. The number of hydrogen-bond donors (Lipinski definition) is 1. The summed E-state index contributed by atoms with van der Waals surface area (Å²) in [4.78, 5) is 1.85. The van der Waals surface area contributed by atoms with Crippen molar-refractivity contribution in [2.75, 3.05) is 13.1 Å². The van der Waals surface area contributed by atoms with Gasteiger partial charge in [0.05, 0.1) is 18.7 Å². The molecular formula is C15H21F3N2O. The van der Waals surface area contributed by atoms with E-state index in [0.717, 1.165) is 17.9 Å². The van der Waals surface area contributed by atoms with E-state index in [1.807, 2.05) is 11.0 Å². The van der Waals surface area contributed by atoms with Gasteiger partial charge < -0.3 is 9.73 Å². The highest BCUT2D eigenvalue weighted by atomic mass is 19.4. The van der Waals surface area contributed by atoms with E-state index < -0.39 is 12.1 Å². The molecule has 0 amide bonds. The van der Waals surface area contributed by atoms with Crippen LogP contribution >= 0.6 is 0 Å². The van der Waals surface area contributed by atoms with Crippen LogP contribution in [0.4, 0.5) is 13.2 Å². The number of nitrogens with zero attached hydrogens (tertiary/aromatic N) is 1. The van der Waals surface area contributed by atoms with Crippen molar-refractivity contribution in [3.8, 4) is 0 Å². The number of alkyl halides is 3. The molecule has 1 aromatic heterocycles. The van der Waals surface area contributed by atoms with Crippen molar-refractivity contribution >= 4 is 0 Å². The molecule has 0 spiro atoms. The minimum absolute atomic E-state index is 0.0832. The van der Waals surface area contributed by atoms with Crippen LogP contribution in [0.1, 0.15) is 37.0 Å². The lowest BCUT2D eigenvalue weighted by atomic mass is 9.97.